The fourth-order valence-corrected chi connectivity index (χ4v) is 4.86. The molecule has 1 fully saturated rings. The maximum absolute atomic E-state index is 6.22. The normalized spacial score (nSPS) is 28.4. The molecule has 0 radical (unpaired) electrons. The van der Waals surface area contributed by atoms with Gasteiger partial charge in [0, 0.05) is 41.5 Å². The van der Waals surface area contributed by atoms with Crippen molar-refractivity contribution >= 4 is 15.9 Å². The van der Waals surface area contributed by atoms with Gasteiger partial charge in [-0.05, 0) is 42.6 Å². The van der Waals surface area contributed by atoms with E-state index in [0.717, 1.165) is 28.8 Å². The quantitative estimate of drug-likeness (QED) is 0.886. The van der Waals surface area contributed by atoms with E-state index >= 15 is 0 Å². The lowest BCUT2D eigenvalue weighted by molar-refractivity contribution is 0.218. The second kappa shape index (κ2) is 4.63. The van der Waals surface area contributed by atoms with Gasteiger partial charge in [0.25, 0.3) is 0 Å². The van der Waals surface area contributed by atoms with Gasteiger partial charge >= 0.3 is 0 Å². The van der Waals surface area contributed by atoms with Crippen LogP contribution < -0.4 is 15.2 Å². The maximum Gasteiger partial charge on any atom is 0.138 e. The lowest BCUT2D eigenvalue weighted by Crippen LogP contribution is -2.42. The Kier molecular flexibility index (Phi) is 3.06. The summed E-state index contributed by atoms with van der Waals surface area (Å²) >= 11 is 3.76. The highest BCUT2D eigenvalue weighted by molar-refractivity contribution is 9.10. The molecule has 0 bridgehead atoms. The predicted octanol–water partition coefficient (Wildman–Crippen LogP) is 3.48. The van der Waals surface area contributed by atoms with E-state index in [1.165, 1.54) is 36.0 Å². The van der Waals surface area contributed by atoms with Gasteiger partial charge in [-0.25, -0.2) is 0 Å². The molecule has 2 heterocycles. The lowest BCUT2D eigenvalue weighted by Gasteiger charge is -2.43. The first kappa shape index (κ1) is 13.9. The molecule has 0 spiro atoms. The minimum atomic E-state index is 0.117. The van der Waals surface area contributed by atoms with Crippen molar-refractivity contribution in [3.63, 3.8) is 0 Å². The standard InChI is InChI=1S/C17H22BrNO2/c1-9-6-11-13(17(8-19)4-3-5-17)15-12(7-10(2)20-15)14(18)16(11)21-9/h9-10H,3-8,19H2,1-2H3. The van der Waals surface area contributed by atoms with Crippen molar-refractivity contribution in [3.8, 4) is 11.5 Å². The fraction of sp³-hybridized carbons (Fsp3) is 0.647. The van der Waals surface area contributed by atoms with Gasteiger partial charge in [0.2, 0.25) is 0 Å². The van der Waals surface area contributed by atoms with Crippen LogP contribution >= 0.6 is 15.9 Å². The molecule has 0 saturated heterocycles. The number of ether oxygens (including phenoxy) is 2. The first-order valence-corrected chi connectivity index (χ1v) is 8.76. The zero-order chi connectivity index (χ0) is 14.8. The molecular formula is C17H22BrNO2. The smallest absolute Gasteiger partial charge is 0.138 e. The van der Waals surface area contributed by atoms with E-state index in [2.05, 4.69) is 29.8 Å². The number of benzene rings is 1. The largest absolute Gasteiger partial charge is 0.490 e. The van der Waals surface area contributed by atoms with E-state index in [1.807, 2.05) is 0 Å². The van der Waals surface area contributed by atoms with Crippen LogP contribution in [-0.2, 0) is 18.3 Å². The first-order valence-electron chi connectivity index (χ1n) is 7.97. The van der Waals surface area contributed by atoms with Gasteiger partial charge in [-0.3, -0.25) is 0 Å². The van der Waals surface area contributed by atoms with Crippen molar-refractivity contribution in [2.75, 3.05) is 6.54 Å². The summed E-state index contributed by atoms with van der Waals surface area (Å²) < 4.78 is 13.4. The Hall–Kier alpha value is -0.740. The molecule has 21 heavy (non-hydrogen) atoms. The molecule has 3 nitrogen and oxygen atoms in total. The molecule has 2 N–H and O–H groups in total. The predicted molar refractivity (Wildman–Crippen MR) is 86.3 cm³/mol. The molecule has 4 heteroatoms. The molecule has 0 aromatic heterocycles. The molecule has 2 aliphatic heterocycles. The van der Waals surface area contributed by atoms with E-state index in [0.29, 0.717) is 6.54 Å². The van der Waals surface area contributed by atoms with Crippen LogP contribution in [0.2, 0.25) is 0 Å². The molecule has 1 aromatic rings. The Morgan fingerprint density at radius 3 is 2.29 bits per heavy atom. The number of hydrogen-bond donors (Lipinski definition) is 1. The van der Waals surface area contributed by atoms with Gasteiger partial charge in [-0.15, -0.1) is 0 Å². The van der Waals surface area contributed by atoms with Crippen LogP contribution in [-0.4, -0.2) is 18.8 Å². The SMILES string of the molecule is CC1Cc2c(c(Br)c3c(c2C2(CN)CCC2)OC(C)C3)O1. The number of hydrogen-bond acceptors (Lipinski definition) is 3. The third-order valence-electron chi connectivity index (χ3n) is 5.39. The molecule has 114 valence electrons. The Morgan fingerprint density at radius 1 is 1.10 bits per heavy atom. The molecule has 0 amide bonds. The van der Waals surface area contributed by atoms with E-state index in [-0.39, 0.29) is 17.6 Å². The van der Waals surface area contributed by atoms with Crippen LogP contribution in [0.15, 0.2) is 4.47 Å². The van der Waals surface area contributed by atoms with Crippen LogP contribution in [0.25, 0.3) is 0 Å². The highest BCUT2D eigenvalue weighted by Crippen LogP contribution is 2.56. The van der Waals surface area contributed by atoms with E-state index < -0.39 is 0 Å². The Bertz CT molecular complexity index is 565. The monoisotopic (exact) mass is 351 g/mol. The Balaban J connectivity index is 1.98. The van der Waals surface area contributed by atoms with Crippen LogP contribution in [0.4, 0.5) is 0 Å². The summed E-state index contributed by atoms with van der Waals surface area (Å²) in [5.41, 5.74) is 10.3. The number of halogens is 1. The average Bonchev–Trinajstić information content (AvgIpc) is 2.95. The summed E-state index contributed by atoms with van der Waals surface area (Å²) in [7, 11) is 0. The summed E-state index contributed by atoms with van der Waals surface area (Å²) in [6.07, 6.45) is 6.02. The van der Waals surface area contributed by atoms with Gasteiger partial charge in [0.1, 0.15) is 23.7 Å². The highest BCUT2D eigenvalue weighted by atomic mass is 79.9. The minimum Gasteiger partial charge on any atom is -0.490 e. The molecule has 4 rings (SSSR count). The van der Waals surface area contributed by atoms with Gasteiger partial charge in [-0.1, -0.05) is 6.42 Å². The summed E-state index contributed by atoms with van der Waals surface area (Å²) in [6, 6.07) is 0. The van der Waals surface area contributed by atoms with Gasteiger partial charge in [0.05, 0.1) is 4.47 Å². The average molecular weight is 352 g/mol. The van der Waals surface area contributed by atoms with Gasteiger partial charge in [0.15, 0.2) is 0 Å². The third-order valence-corrected chi connectivity index (χ3v) is 6.23. The number of fused-ring (bicyclic) bond motifs is 2. The second-order valence-electron chi connectivity index (χ2n) is 6.91. The first-order chi connectivity index (χ1) is 10.1. The van der Waals surface area contributed by atoms with Crippen molar-refractivity contribution < 1.29 is 9.47 Å². The van der Waals surface area contributed by atoms with E-state index in [1.54, 1.807) is 0 Å². The molecule has 1 aliphatic carbocycles. The van der Waals surface area contributed by atoms with E-state index in [4.69, 9.17) is 15.2 Å². The van der Waals surface area contributed by atoms with Crippen molar-refractivity contribution in [1.29, 1.82) is 0 Å². The van der Waals surface area contributed by atoms with Crippen LogP contribution in [0, 0.1) is 0 Å². The fourth-order valence-electron chi connectivity index (χ4n) is 4.18. The van der Waals surface area contributed by atoms with Crippen LogP contribution in [0.5, 0.6) is 11.5 Å². The maximum atomic E-state index is 6.22. The lowest BCUT2D eigenvalue weighted by atomic mass is 9.62. The molecule has 2 atom stereocenters. The van der Waals surface area contributed by atoms with Crippen molar-refractivity contribution in [3.05, 3.63) is 21.2 Å². The zero-order valence-corrected chi connectivity index (χ0v) is 14.3. The summed E-state index contributed by atoms with van der Waals surface area (Å²) in [6.45, 7) is 4.99. The molecule has 2 unspecified atom stereocenters. The molecule has 1 saturated carbocycles. The van der Waals surface area contributed by atoms with Gasteiger partial charge in [-0.2, -0.15) is 0 Å². The number of nitrogens with two attached hydrogens (primary N) is 1. The van der Waals surface area contributed by atoms with Crippen molar-refractivity contribution in [2.24, 2.45) is 5.73 Å². The Labute approximate surface area is 134 Å². The molecular weight excluding hydrogens is 330 g/mol. The summed E-state index contributed by atoms with van der Waals surface area (Å²) in [5.74, 6) is 2.16. The topological polar surface area (TPSA) is 44.5 Å². The highest BCUT2D eigenvalue weighted by Gasteiger charge is 2.46. The number of rotatable bonds is 2. The van der Waals surface area contributed by atoms with Crippen molar-refractivity contribution in [2.45, 2.75) is 63.6 Å². The summed E-state index contributed by atoms with van der Waals surface area (Å²) in [4.78, 5) is 0. The summed E-state index contributed by atoms with van der Waals surface area (Å²) in [5, 5.41) is 0. The van der Waals surface area contributed by atoms with Crippen LogP contribution in [0.3, 0.4) is 0 Å². The second-order valence-corrected chi connectivity index (χ2v) is 7.70. The molecule has 3 aliphatic rings. The zero-order valence-electron chi connectivity index (χ0n) is 12.7. The van der Waals surface area contributed by atoms with Gasteiger partial charge < -0.3 is 15.2 Å². The van der Waals surface area contributed by atoms with Crippen molar-refractivity contribution in [1.82, 2.24) is 0 Å². The third kappa shape index (κ3) is 1.81. The molecule has 1 aromatic carbocycles. The Morgan fingerprint density at radius 2 is 1.71 bits per heavy atom. The van der Waals surface area contributed by atoms with E-state index in [9.17, 15) is 0 Å². The van der Waals surface area contributed by atoms with Crippen LogP contribution in [0.1, 0.15) is 49.8 Å². The minimum absolute atomic E-state index is 0.117.